The summed E-state index contributed by atoms with van der Waals surface area (Å²) in [6.07, 6.45) is 0. The number of para-hydroxylation sites is 1. The van der Waals surface area contributed by atoms with E-state index in [1.807, 2.05) is 36.4 Å². The van der Waals surface area contributed by atoms with Crippen LogP contribution in [0.25, 0.3) is 0 Å². The quantitative estimate of drug-likeness (QED) is 0.836. The van der Waals surface area contributed by atoms with Gasteiger partial charge in [0.05, 0.1) is 12.8 Å². The number of nitrogen functional groups attached to an aromatic ring is 1. The summed E-state index contributed by atoms with van der Waals surface area (Å²) < 4.78 is 11.1. The van der Waals surface area contributed by atoms with Crippen molar-refractivity contribution < 1.29 is 9.47 Å². The fraction of sp³-hybridized carbons (Fsp3) is 0.294. The lowest BCUT2D eigenvalue weighted by atomic mass is 10.0. The van der Waals surface area contributed by atoms with Gasteiger partial charge in [0.15, 0.2) is 0 Å². The first-order valence-corrected chi connectivity index (χ1v) is 6.76. The number of hydrogen-bond acceptors (Lipinski definition) is 3. The molecule has 2 N–H and O–H groups in total. The first-order chi connectivity index (χ1) is 9.61. The van der Waals surface area contributed by atoms with Gasteiger partial charge in [0, 0.05) is 5.56 Å². The number of nitrogens with two attached hydrogens (primary N) is 1. The molecule has 3 heteroatoms. The van der Waals surface area contributed by atoms with Gasteiger partial charge in [0.1, 0.15) is 18.1 Å². The van der Waals surface area contributed by atoms with Gasteiger partial charge in [-0.3, -0.25) is 0 Å². The second-order valence-corrected chi connectivity index (χ2v) is 5.05. The van der Waals surface area contributed by atoms with E-state index in [-0.39, 0.29) is 0 Å². The van der Waals surface area contributed by atoms with Crippen LogP contribution < -0.4 is 15.2 Å². The first kappa shape index (κ1) is 14.3. The molecule has 3 nitrogen and oxygen atoms in total. The van der Waals surface area contributed by atoms with Gasteiger partial charge < -0.3 is 15.2 Å². The molecule has 0 spiro atoms. The van der Waals surface area contributed by atoms with Gasteiger partial charge in [-0.2, -0.15) is 0 Å². The average Bonchev–Trinajstić information content (AvgIpc) is 2.46. The summed E-state index contributed by atoms with van der Waals surface area (Å²) in [6, 6.07) is 13.8. The second kappa shape index (κ2) is 6.33. The van der Waals surface area contributed by atoms with E-state index in [0.29, 0.717) is 24.0 Å². The largest absolute Gasteiger partial charge is 0.496 e. The fourth-order valence-electron chi connectivity index (χ4n) is 2.04. The van der Waals surface area contributed by atoms with Crippen LogP contribution in [0.5, 0.6) is 11.5 Å². The van der Waals surface area contributed by atoms with Crippen molar-refractivity contribution in [2.75, 3.05) is 12.8 Å². The molecule has 106 valence electrons. The van der Waals surface area contributed by atoms with Crippen molar-refractivity contribution in [1.29, 1.82) is 0 Å². The van der Waals surface area contributed by atoms with Crippen LogP contribution in [0.4, 0.5) is 5.69 Å². The first-order valence-electron chi connectivity index (χ1n) is 6.76. The molecule has 0 fully saturated rings. The molecule has 0 aliphatic carbocycles. The number of benzene rings is 2. The lowest BCUT2D eigenvalue weighted by Gasteiger charge is -2.13. The lowest BCUT2D eigenvalue weighted by Crippen LogP contribution is -2.01. The molecule has 0 saturated carbocycles. The van der Waals surface area contributed by atoms with Gasteiger partial charge in [-0.15, -0.1) is 0 Å². The zero-order valence-electron chi connectivity index (χ0n) is 12.2. The molecule has 0 bridgehead atoms. The molecule has 0 unspecified atom stereocenters. The Labute approximate surface area is 120 Å². The van der Waals surface area contributed by atoms with Crippen molar-refractivity contribution in [3.63, 3.8) is 0 Å². The minimum atomic E-state index is 0.440. The minimum absolute atomic E-state index is 0.440. The summed E-state index contributed by atoms with van der Waals surface area (Å²) in [5.41, 5.74) is 8.93. The maximum atomic E-state index is 6.04. The Morgan fingerprint density at radius 1 is 1.05 bits per heavy atom. The van der Waals surface area contributed by atoms with E-state index < -0.39 is 0 Å². The monoisotopic (exact) mass is 271 g/mol. The number of anilines is 1. The van der Waals surface area contributed by atoms with Crippen LogP contribution in [0.15, 0.2) is 42.5 Å². The Balaban J connectivity index is 2.11. The maximum absolute atomic E-state index is 6.04. The number of methoxy groups -OCH3 is 1. The van der Waals surface area contributed by atoms with Crippen LogP contribution in [-0.4, -0.2) is 7.11 Å². The standard InChI is InChI=1S/C17H21NO2/c1-12(2)13-8-9-17(15(18)10-13)20-11-14-6-4-5-7-16(14)19-3/h4-10,12H,11,18H2,1-3H3. The minimum Gasteiger partial charge on any atom is -0.496 e. The third-order valence-electron chi connectivity index (χ3n) is 3.28. The number of hydrogen-bond donors (Lipinski definition) is 1. The molecule has 0 radical (unpaired) electrons. The summed E-state index contributed by atoms with van der Waals surface area (Å²) in [5, 5.41) is 0. The molecule has 20 heavy (non-hydrogen) atoms. The Morgan fingerprint density at radius 3 is 2.45 bits per heavy atom. The van der Waals surface area contributed by atoms with Crippen LogP contribution in [-0.2, 0) is 6.61 Å². The molecule has 2 rings (SSSR count). The third-order valence-corrected chi connectivity index (χ3v) is 3.28. The highest BCUT2D eigenvalue weighted by Crippen LogP contribution is 2.28. The predicted molar refractivity (Wildman–Crippen MR) is 82.3 cm³/mol. The van der Waals surface area contributed by atoms with Crippen LogP contribution in [0.1, 0.15) is 30.9 Å². The average molecular weight is 271 g/mol. The van der Waals surface area contributed by atoms with Crippen LogP contribution in [0.3, 0.4) is 0 Å². The molecular weight excluding hydrogens is 250 g/mol. The summed E-state index contributed by atoms with van der Waals surface area (Å²) in [7, 11) is 1.66. The van der Waals surface area contributed by atoms with Crippen LogP contribution in [0.2, 0.25) is 0 Å². The Kier molecular flexibility index (Phi) is 4.51. The topological polar surface area (TPSA) is 44.5 Å². The van der Waals surface area contributed by atoms with E-state index in [1.165, 1.54) is 5.56 Å². The highest BCUT2D eigenvalue weighted by Gasteiger charge is 2.07. The zero-order valence-corrected chi connectivity index (χ0v) is 12.2. The van der Waals surface area contributed by atoms with Crippen molar-refractivity contribution in [2.24, 2.45) is 0 Å². The molecule has 2 aromatic rings. The maximum Gasteiger partial charge on any atom is 0.142 e. The molecular formula is C17H21NO2. The summed E-state index contributed by atoms with van der Waals surface area (Å²) in [5.74, 6) is 1.99. The zero-order chi connectivity index (χ0) is 14.5. The van der Waals surface area contributed by atoms with Gasteiger partial charge in [-0.05, 0) is 29.7 Å². The number of ether oxygens (including phenoxy) is 2. The van der Waals surface area contributed by atoms with E-state index in [0.717, 1.165) is 11.3 Å². The molecule has 0 saturated heterocycles. The van der Waals surface area contributed by atoms with Gasteiger partial charge >= 0.3 is 0 Å². The lowest BCUT2D eigenvalue weighted by molar-refractivity contribution is 0.298. The van der Waals surface area contributed by atoms with Gasteiger partial charge in [0.25, 0.3) is 0 Å². The highest BCUT2D eigenvalue weighted by molar-refractivity contribution is 5.55. The van der Waals surface area contributed by atoms with Crippen molar-refractivity contribution in [3.8, 4) is 11.5 Å². The van der Waals surface area contributed by atoms with Gasteiger partial charge in [0.2, 0.25) is 0 Å². The summed E-state index contributed by atoms with van der Waals surface area (Å²) in [6.45, 7) is 4.73. The molecule has 0 amide bonds. The highest BCUT2D eigenvalue weighted by atomic mass is 16.5. The summed E-state index contributed by atoms with van der Waals surface area (Å²) in [4.78, 5) is 0. The molecule has 0 aliphatic heterocycles. The van der Waals surface area contributed by atoms with Crippen LogP contribution in [0, 0.1) is 0 Å². The van der Waals surface area contributed by atoms with Crippen LogP contribution >= 0.6 is 0 Å². The summed E-state index contributed by atoms with van der Waals surface area (Å²) >= 11 is 0. The molecule has 2 aromatic carbocycles. The molecule has 0 aromatic heterocycles. The molecule has 0 heterocycles. The Hall–Kier alpha value is -2.16. The fourth-order valence-corrected chi connectivity index (χ4v) is 2.04. The van der Waals surface area contributed by atoms with E-state index in [9.17, 15) is 0 Å². The molecule has 0 atom stereocenters. The smallest absolute Gasteiger partial charge is 0.142 e. The van der Waals surface area contributed by atoms with Gasteiger partial charge in [-0.1, -0.05) is 38.1 Å². The third kappa shape index (κ3) is 3.23. The SMILES string of the molecule is COc1ccccc1COc1ccc(C(C)C)cc1N. The Morgan fingerprint density at radius 2 is 1.80 bits per heavy atom. The van der Waals surface area contributed by atoms with Gasteiger partial charge in [-0.25, -0.2) is 0 Å². The van der Waals surface area contributed by atoms with E-state index in [4.69, 9.17) is 15.2 Å². The predicted octanol–water partition coefficient (Wildman–Crippen LogP) is 3.98. The second-order valence-electron chi connectivity index (χ2n) is 5.05. The Bertz CT molecular complexity index is 579. The van der Waals surface area contributed by atoms with Crippen molar-refractivity contribution in [1.82, 2.24) is 0 Å². The van der Waals surface area contributed by atoms with E-state index in [2.05, 4.69) is 19.9 Å². The van der Waals surface area contributed by atoms with E-state index in [1.54, 1.807) is 7.11 Å². The van der Waals surface area contributed by atoms with Crippen molar-refractivity contribution in [3.05, 3.63) is 53.6 Å². The number of rotatable bonds is 5. The molecule has 0 aliphatic rings. The van der Waals surface area contributed by atoms with Crippen molar-refractivity contribution >= 4 is 5.69 Å². The normalized spacial score (nSPS) is 10.6. The van der Waals surface area contributed by atoms with E-state index >= 15 is 0 Å². The van der Waals surface area contributed by atoms with Crippen molar-refractivity contribution in [2.45, 2.75) is 26.4 Å².